The Morgan fingerprint density at radius 3 is 2.51 bits per heavy atom. The molecular weight excluding hydrogens is 656 g/mol. The van der Waals surface area contributed by atoms with Gasteiger partial charge in [-0.25, -0.2) is 9.79 Å². The molecule has 0 saturated carbocycles. The Hall–Kier alpha value is -3.86. The van der Waals surface area contributed by atoms with Crippen LogP contribution in [0.5, 0.6) is 17.2 Å². The molecule has 1 aromatic heterocycles. The number of hydrogen-bond acceptors (Lipinski definition) is 8. The molecule has 3 aromatic carbocycles. The van der Waals surface area contributed by atoms with Gasteiger partial charge in [0.15, 0.2) is 16.3 Å². The molecule has 11 heteroatoms. The summed E-state index contributed by atoms with van der Waals surface area (Å²) in [6.45, 7) is 5.01. The second kappa shape index (κ2) is 13.6. The summed E-state index contributed by atoms with van der Waals surface area (Å²) in [6, 6.07) is 17.7. The zero-order valence-electron chi connectivity index (χ0n) is 23.6. The number of rotatable bonds is 10. The Balaban J connectivity index is 1.51. The minimum Gasteiger partial charge on any atom is -0.490 e. The second-order valence-corrected chi connectivity index (χ2v) is 11.7. The molecule has 0 unspecified atom stereocenters. The van der Waals surface area contributed by atoms with E-state index in [1.54, 1.807) is 18.2 Å². The zero-order valence-corrected chi connectivity index (χ0v) is 26.8. The molecule has 0 saturated heterocycles. The maximum atomic E-state index is 13.9. The van der Waals surface area contributed by atoms with Crippen LogP contribution in [0.15, 0.2) is 86.7 Å². The van der Waals surface area contributed by atoms with Crippen LogP contribution in [-0.2, 0) is 16.1 Å². The van der Waals surface area contributed by atoms with Gasteiger partial charge < -0.3 is 18.9 Å². The molecule has 0 fully saturated rings. The number of nitrogens with zero attached hydrogens (tertiary/aromatic N) is 2. The third-order valence-corrected chi connectivity index (χ3v) is 8.40. The number of esters is 1. The molecular formula is C32H28BrClN2O6S. The Labute approximate surface area is 265 Å². The number of methoxy groups -OCH3 is 1. The fraction of sp³-hybridized carbons (Fsp3) is 0.219. The predicted octanol–water partition coefficient (Wildman–Crippen LogP) is 5.81. The molecule has 0 radical (unpaired) electrons. The largest absolute Gasteiger partial charge is 0.490 e. The van der Waals surface area contributed by atoms with Crippen molar-refractivity contribution in [2.45, 2.75) is 26.5 Å². The summed E-state index contributed by atoms with van der Waals surface area (Å²) in [7, 11) is 1.30. The molecule has 222 valence electrons. The van der Waals surface area contributed by atoms with Crippen LogP contribution in [0.1, 0.15) is 36.6 Å². The number of fused-ring (bicyclic) bond motifs is 1. The number of thiazole rings is 1. The fourth-order valence-electron chi connectivity index (χ4n) is 4.65. The van der Waals surface area contributed by atoms with Crippen LogP contribution in [0.3, 0.4) is 0 Å². The van der Waals surface area contributed by atoms with Crippen molar-refractivity contribution in [1.29, 1.82) is 0 Å². The molecule has 43 heavy (non-hydrogen) atoms. The van der Waals surface area contributed by atoms with Gasteiger partial charge in [0.2, 0.25) is 0 Å². The van der Waals surface area contributed by atoms with E-state index in [1.807, 2.05) is 62.4 Å². The van der Waals surface area contributed by atoms with Gasteiger partial charge in [0.05, 0.1) is 40.9 Å². The SMILES string of the molecule is CCOc1ccc([C@@H]2C(C(=O)OC)=CN=c3s/c(=C/c4ccc(OCc5cccc(Cl)c5)c(Br)c4)c(=O)n32)cc1OCC. The lowest BCUT2D eigenvalue weighted by Crippen LogP contribution is -2.39. The molecule has 0 aliphatic carbocycles. The highest BCUT2D eigenvalue weighted by molar-refractivity contribution is 9.10. The molecule has 0 bridgehead atoms. The summed E-state index contributed by atoms with van der Waals surface area (Å²) in [5.74, 6) is 1.18. The van der Waals surface area contributed by atoms with Crippen LogP contribution in [0.4, 0.5) is 0 Å². The zero-order chi connectivity index (χ0) is 30.5. The highest BCUT2D eigenvalue weighted by Crippen LogP contribution is 2.35. The van der Waals surface area contributed by atoms with Crippen molar-refractivity contribution in [2.75, 3.05) is 20.3 Å². The van der Waals surface area contributed by atoms with E-state index in [0.29, 0.717) is 57.0 Å². The van der Waals surface area contributed by atoms with Crippen LogP contribution in [0, 0.1) is 0 Å². The van der Waals surface area contributed by atoms with E-state index < -0.39 is 12.0 Å². The standard InChI is InChI=1S/C32H28BrClN2O6S/c1-4-40-26-12-10-21(16-27(26)41-5-2)29-23(31(38)39-3)17-35-32-36(29)30(37)28(43-32)15-19-9-11-25(24(33)14-19)42-18-20-7-6-8-22(34)13-20/h6-17,29H,4-5,18H2,1-3H3/b28-15+/t29-/m1/s1. The molecule has 8 nitrogen and oxygen atoms in total. The Morgan fingerprint density at radius 2 is 1.79 bits per heavy atom. The topological polar surface area (TPSA) is 88.4 Å². The average molecular weight is 684 g/mol. The summed E-state index contributed by atoms with van der Waals surface area (Å²) >= 11 is 10.9. The van der Waals surface area contributed by atoms with Crippen LogP contribution in [0.25, 0.3) is 6.08 Å². The fourth-order valence-corrected chi connectivity index (χ4v) is 6.34. The number of halogens is 2. The van der Waals surface area contributed by atoms with Crippen molar-refractivity contribution in [1.82, 2.24) is 4.57 Å². The number of carbonyl (C=O) groups excluding carboxylic acids is 1. The number of ether oxygens (including phenoxy) is 4. The van der Waals surface area contributed by atoms with Gasteiger partial charge >= 0.3 is 5.97 Å². The van der Waals surface area contributed by atoms with Gasteiger partial charge in [-0.15, -0.1) is 0 Å². The minimum atomic E-state index is -0.769. The molecule has 1 atom stereocenters. The maximum Gasteiger partial charge on any atom is 0.337 e. The molecule has 0 amide bonds. The summed E-state index contributed by atoms with van der Waals surface area (Å²) in [5.41, 5.74) is 2.35. The molecule has 0 N–H and O–H groups in total. The molecule has 5 rings (SSSR count). The smallest absolute Gasteiger partial charge is 0.337 e. The summed E-state index contributed by atoms with van der Waals surface area (Å²) < 4.78 is 25.3. The highest BCUT2D eigenvalue weighted by Gasteiger charge is 2.31. The van der Waals surface area contributed by atoms with E-state index >= 15 is 0 Å². The van der Waals surface area contributed by atoms with Crippen LogP contribution < -0.4 is 29.1 Å². The Bertz CT molecular complexity index is 1880. The molecule has 1 aliphatic heterocycles. The molecule has 0 spiro atoms. The van der Waals surface area contributed by atoms with Crippen molar-refractivity contribution in [3.63, 3.8) is 0 Å². The van der Waals surface area contributed by atoms with Crippen molar-refractivity contribution < 1.29 is 23.7 Å². The van der Waals surface area contributed by atoms with E-state index in [-0.39, 0.29) is 11.1 Å². The van der Waals surface area contributed by atoms with E-state index in [9.17, 15) is 9.59 Å². The van der Waals surface area contributed by atoms with Crippen molar-refractivity contribution in [2.24, 2.45) is 4.99 Å². The van der Waals surface area contributed by atoms with E-state index in [2.05, 4.69) is 20.9 Å². The second-order valence-electron chi connectivity index (χ2n) is 9.36. The van der Waals surface area contributed by atoms with Gasteiger partial charge in [0.1, 0.15) is 12.4 Å². The average Bonchev–Trinajstić information content (AvgIpc) is 3.31. The quantitative estimate of drug-likeness (QED) is 0.196. The van der Waals surface area contributed by atoms with E-state index in [1.165, 1.54) is 29.2 Å². The molecule has 1 aliphatic rings. The Morgan fingerprint density at radius 1 is 1.02 bits per heavy atom. The van der Waals surface area contributed by atoms with Crippen LogP contribution >= 0.6 is 38.9 Å². The first-order valence-electron chi connectivity index (χ1n) is 13.5. The maximum absolute atomic E-state index is 13.9. The Kier molecular flexibility index (Phi) is 9.69. The first-order valence-corrected chi connectivity index (χ1v) is 15.5. The van der Waals surface area contributed by atoms with Gasteiger partial charge in [-0.05, 0) is 88.9 Å². The lowest BCUT2D eigenvalue weighted by atomic mass is 9.97. The third-order valence-electron chi connectivity index (χ3n) is 6.55. The first kappa shape index (κ1) is 30.6. The lowest BCUT2D eigenvalue weighted by molar-refractivity contribution is -0.136. The normalized spacial score (nSPS) is 14.4. The van der Waals surface area contributed by atoms with Gasteiger partial charge in [-0.2, -0.15) is 0 Å². The lowest BCUT2D eigenvalue weighted by Gasteiger charge is -2.23. The van der Waals surface area contributed by atoms with Gasteiger partial charge in [0, 0.05) is 11.2 Å². The number of benzene rings is 3. The number of carbonyl (C=O) groups is 1. The van der Waals surface area contributed by atoms with Gasteiger partial charge in [0.25, 0.3) is 5.56 Å². The highest BCUT2D eigenvalue weighted by atomic mass is 79.9. The van der Waals surface area contributed by atoms with Crippen LogP contribution in [-0.4, -0.2) is 30.9 Å². The summed E-state index contributed by atoms with van der Waals surface area (Å²) in [4.78, 5) is 31.6. The third kappa shape index (κ3) is 6.71. The summed E-state index contributed by atoms with van der Waals surface area (Å²) in [6.07, 6.45) is 3.25. The van der Waals surface area contributed by atoms with Crippen molar-refractivity contribution in [3.8, 4) is 17.2 Å². The predicted molar refractivity (Wildman–Crippen MR) is 170 cm³/mol. The number of hydrogen-bond donors (Lipinski definition) is 0. The van der Waals surface area contributed by atoms with Crippen LogP contribution in [0.2, 0.25) is 5.02 Å². The molecule has 2 heterocycles. The van der Waals surface area contributed by atoms with Gasteiger partial charge in [-0.1, -0.05) is 47.2 Å². The monoisotopic (exact) mass is 682 g/mol. The summed E-state index contributed by atoms with van der Waals surface area (Å²) in [5, 5.41) is 0.648. The van der Waals surface area contributed by atoms with E-state index in [4.69, 9.17) is 30.5 Å². The van der Waals surface area contributed by atoms with E-state index in [0.717, 1.165) is 15.6 Å². The minimum absolute atomic E-state index is 0.233. The van der Waals surface area contributed by atoms with Gasteiger partial charge in [-0.3, -0.25) is 9.36 Å². The number of aromatic nitrogens is 1. The molecule has 4 aromatic rings. The van der Waals surface area contributed by atoms with Crippen molar-refractivity contribution in [3.05, 3.63) is 118 Å². The first-order chi connectivity index (χ1) is 20.8. The van der Waals surface area contributed by atoms with Crippen molar-refractivity contribution >= 4 is 50.9 Å².